The summed E-state index contributed by atoms with van der Waals surface area (Å²) >= 11 is 0. The normalized spacial score (nSPS) is 10.6. The summed E-state index contributed by atoms with van der Waals surface area (Å²) in [5, 5.41) is 13.4. The van der Waals surface area contributed by atoms with Crippen molar-refractivity contribution in [3.8, 4) is 28.8 Å². The third-order valence-electron chi connectivity index (χ3n) is 4.37. The fourth-order valence-corrected chi connectivity index (χ4v) is 2.89. The molecule has 32 heavy (non-hydrogen) atoms. The molecule has 0 radical (unpaired) electrons. The van der Waals surface area contributed by atoms with E-state index in [2.05, 4.69) is 20.5 Å². The molecule has 1 heterocycles. The van der Waals surface area contributed by atoms with E-state index in [1.54, 1.807) is 60.7 Å². The first kappa shape index (κ1) is 20.5. The molecule has 0 aliphatic heterocycles. The Bertz CT molecular complexity index is 1360. The van der Waals surface area contributed by atoms with Crippen molar-refractivity contribution < 1.29 is 9.13 Å². The Hall–Kier alpha value is -4.77. The average molecular weight is 425 g/mol. The summed E-state index contributed by atoms with van der Waals surface area (Å²) in [6.07, 6.45) is 1.53. The molecule has 3 aromatic carbocycles. The molecular weight excluding hydrogens is 409 g/mol. The van der Waals surface area contributed by atoms with Crippen LogP contribution in [0, 0.1) is 17.1 Å². The molecule has 0 saturated heterocycles. The molecule has 0 fully saturated rings. The standard InChI is InChI=1S/C24H16FN5O2/c25-18-7-4-8-20(13-18)32-19-11-9-16(10-12-19)15-27-30-24-28-22(17-5-2-1-3-6-17)21(14-26)23(31)29-24/h1-13,15H,(H2,28,29,30,31). The van der Waals surface area contributed by atoms with Crippen molar-refractivity contribution in [3.63, 3.8) is 0 Å². The minimum absolute atomic E-state index is 0.0698. The van der Waals surface area contributed by atoms with Gasteiger partial charge in [0.1, 0.15) is 28.9 Å². The van der Waals surface area contributed by atoms with E-state index >= 15 is 0 Å². The predicted octanol–water partition coefficient (Wildman–Crippen LogP) is 4.69. The van der Waals surface area contributed by atoms with Gasteiger partial charge in [0.2, 0.25) is 5.95 Å². The molecule has 4 aromatic rings. The van der Waals surface area contributed by atoms with Gasteiger partial charge in [-0.2, -0.15) is 10.4 Å². The maximum Gasteiger partial charge on any atom is 0.270 e. The fraction of sp³-hybridized carbons (Fsp3) is 0. The van der Waals surface area contributed by atoms with Crippen LogP contribution in [-0.4, -0.2) is 16.2 Å². The SMILES string of the molecule is N#Cc1c(-c2ccccc2)nc(NN=Cc2ccc(Oc3cccc(F)c3)cc2)[nH]c1=O. The molecule has 0 aliphatic rings. The van der Waals surface area contributed by atoms with Crippen LogP contribution in [0.25, 0.3) is 11.3 Å². The first-order valence-corrected chi connectivity index (χ1v) is 9.55. The summed E-state index contributed by atoms with van der Waals surface area (Å²) in [6, 6.07) is 23.7. The van der Waals surface area contributed by atoms with Gasteiger partial charge in [-0.25, -0.2) is 14.8 Å². The van der Waals surface area contributed by atoms with Crippen molar-refractivity contribution >= 4 is 12.2 Å². The highest BCUT2D eigenvalue weighted by Gasteiger charge is 2.12. The highest BCUT2D eigenvalue weighted by atomic mass is 19.1. The van der Waals surface area contributed by atoms with Gasteiger partial charge in [0, 0.05) is 11.6 Å². The number of aromatic amines is 1. The summed E-state index contributed by atoms with van der Waals surface area (Å²) in [5.41, 5.74) is 3.72. The highest BCUT2D eigenvalue weighted by Crippen LogP contribution is 2.22. The molecule has 0 unspecified atom stereocenters. The van der Waals surface area contributed by atoms with E-state index in [1.807, 2.05) is 12.1 Å². The minimum atomic E-state index is -0.557. The van der Waals surface area contributed by atoms with Crippen LogP contribution in [0.1, 0.15) is 11.1 Å². The molecule has 0 amide bonds. The Morgan fingerprint density at radius 2 is 1.81 bits per heavy atom. The lowest BCUT2D eigenvalue weighted by Crippen LogP contribution is -2.16. The molecule has 0 saturated carbocycles. The van der Waals surface area contributed by atoms with E-state index in [9.17, 15) is 14.4 Å². The minimum Gasteiger partial charge on any atom is -0.457 e. The lowest BCUT2D eigenvalue weighted by atomic mass is 10.1. The number of benzene rings is 3. The van der Waals surface area contributed by atoms with Crippen LogP contribution in [0.3, 0.4) is 0 Å². The van der Waals surface area contributed by atoms with Gasteiger partial charge in [-0.1, -0.05) is 36.4 Å². The summed E-state index contributed by atoms with van der Waals surface area (Å²) in [4.78, 5) is 19.1. The number of ether oxygens (including phenoxy) is 1. The van der Waals surface area contributed by atoms with Gasteiger partial charge >= 0.3 is 0 Å². The van der Waals surface area contributed by atoms with Crippen LogP contribution >= 0.6 is 0 Å². The molecule has 156 valence electrons. The molecule has 0 atom stereocenters. The first-order chi connectivity index (χ1) is 15.6. The number of anilines is 1. The predicted molar refractivity (Wildman–Crippen MR) is 119 cm³/mol. The third kappa shape index (κ3) is 4.86. The maximum absolute atomic E-state index is 13.3. The lowest BCUT2D eigenvalue weighted by Gasteiger charge is -2.06. The van der Waals surface area contributed by atoms with Crippen LogP contribution in [0.2, 0.25) is 0 Å². The third-order valence-corrected chi connectivity index (χ3v) is 4.37. The largest absolute Gasteiger partial charge is 0.457 e. The quantitative estimate of drug-likeness (QED) is 0.345. The van der Waals surface area contributed by atoms with Crippen LogP contribution in [0.4, 0.5) is 10.3 Å². The van der Waals surface area contributed by atoms with E-state index in [0.717, 1.165) is 5.56 Å². The van der Waals surface area contributed by atoms with Gasteiger partial charge in [-0.15, -0.1) is 0 Å². The highest BCUT2D eigenvalue weighted by molar-refractivity contribution is 5.80. The van der Waals surface area contributed by atoms with Crippen molar-refractivity contribution in [2.75, 3.05) is 5.43 Å². The number of nitriles is 1. The number of aromatic nitrogens is 2. The second-order valence-electron chi connectivity index (χ2n) is 6.61. The van der Waals surface area contributed by atoms with Gasteiger partial charge < -0.3 is 4.74 Å². The zero-order chi connectivity index (χ0) is 22.3. The van der Waals surface area contributed by atoms with Crippen molar-refractivity contribution in [1.82, 2.24) is 9.97 Å². The molecule has 7 nitrogen and oxygen atoms in total. The van der Waals surface area contributed by atoms with E-state index in [4.69, 9.17) is 4.74 Å². The van der Waals surface area contributed by atoms with Gasteiger partial charge in [-0.3, -0.25) is 9.78 Å². The van der Waals surface area contributed by atoms with Gasteiger partial charge in [-0.05, 0) is 42.0 Å². The van der Waals surface area contributed by atoms with Gasteiger partial charge in [0.15, 0.2) is 0 Å². The molecule has 0 aliphatic carbocycles. The number of H-pyrrole nitrogens is 1. The van der Waals surface area contributed by atoms with Crippen molar-refractivity contribution in [2.24, 2.45) is 5.10 Å². The van der Waals surface area contributed by atoms with Crippen LogP contribution in [-0.2, 0) is 0 Å². The number of nitrogens with zero attached hydrogens (tertiary/aromatic N) is 3. The molecule has 0 spiro atoms. The number of hydrogen-bond acceptors (Lipinski definition) is 6. The molecule has 8 heteroatoms. The maximum atomic E-state index is 13.3. The Morgan fingerprint density at radius 1 is 1.03 bits per heavy atom. The Balaban J connectivity index is 1.48. The number of rotatable bonds is 6. The topological polar surface area (TPSA) is 103 Å². The smallest absolute Gasteiger partial charge is 0.270 e. The molecular formula is C24H16FN5O2. The molecule has 2 N–H and O–H groups in total. The van der Waals surface area contributed by atoms with Crippen molar-refractivity contribution in [3.05, 3.63) is 106 Å². The fourth-order valence-electron chi connectivity index (χ4n) is 2.89. The summed E-state index contributed by atoms with van der Waals surface area (Å²) in [7, 11) is 0. The van der Waals surface area contributed by atoms with E-state index in [1.165, 1.54) is 18.3 Å². The van der Waals surface area contributed by atoms with Gasteiger partial charge in [0.25, 0.3) is 5.56 Å². The zero-order valence-electron chi connectivity index (χ0n) is 16.6. The van der Waals surface area contributed by atoms with E-state index < -0.39 is 5.56 Å². The first-order valence-electron chi connectivity index (χ1n) is 9.55. The van der Waals surface area contributed by atoms with Crippen molar-refractivity contribution in [1.29, 1.82) is 5.26 Å². The summed E-state index contributed by atoms with van der Waals surface area (Å²) < 4.78 is 18.9. The Morgan fingerprint density at radius 3 is 2.53 bits per heavy atom. The van der Waals surface area contributed by atoms with Crippen LogP contribution in [0.5, 0.6) is 11.5 Å². The number of hydrazone groups is 1. The van der Waals surface area contributed by atoms with Crippen LogP contribution in [0.15, 0.2) is 88.8 Å². The van der Waals surface area contributed by atoms with E-state index in [-0.39, 0.29) is 23.0 Å². The van der Waals surface area contributed by atoms with E-state index in [0.29, 0.717) is 17.1 Å². The second kappa shape index (κ2) is 9.36. The molecule has 0 bridgehead atoms. The number of halogens is 1. The number of hydrogen-bond donors (Lipinski definition) is 2. The summed E-state index contributed by atoms with van der Waals surface area (Å²) in [6.45, 7) is 0. The number of nitrogens with one attached hydrogen (secondary N) is 2. The second-order valence-corrected chi connectivity index (χ2v) is 6.61. The lowest BCUT2D eigenvalue weighted by molar-refractivity contribution is 0.477. The average Bonchev–Trinajstić information content (AvgIpc) is 2.80. The summed E-state index contributed by atoms with van der Waals surface area (Å²) in [5.74, 6) is 0.682. The Labute approximate surface area is 182 Å². The Kier molecular flexibility index (Phi) is 6.00. The monoisotopic (exact) mass is 425 g/mol. The van der Waals surface area contributed by atoms with Gasteiger partial charge in [0.05, 0.1) is 11.9 Å². The molecule has 4 rings (SSSR count). The zero-order valence-corrected chi connectivity index (χ0v) is 16.6. The molecule has 1 aromatic heterocycles. The van der Waals surface area contributed by atoms with Crippen molar-refractivity contribution in [2.45, 2.75) is 0 Å². The van der Waals surface area contributed by atoms with Crippen LogP contribution < -0.4 is 15.7 Å².